The smallest absolute Gasteiger partial charge is 0.273 e. The lowest BCUT2D eigenvalue weighted by atomic mass is 10.1. The molecule has 2 aromatic rings. The normalized spacial score (nSPS) is 17.0. The van der Waals surface area contributed by atoms with Gasteiger partial charge in [-0.25, -0.2) is 4.98 Å². The van der Waals surface area contributed by atoms with E-state index in [1.165, 1.54) is 16.9 Å². The van der Waals surface area contributed by atoms with Gasteiger partial charge in [0.05, 0.1) is 5.92 Å². The van der Waals surface area contributed by atoms with Crippen LogP contribution in [0.4, 0.5) is 0 Å². The van der Waals surface area contributed by atoms with Gasteiger partial charge in [-0.2, -0.15) is 0 Å². The van der Waals surface area contributed by atoms with Gasteiger partial charge in [-0.1, -0.05) is 17.7 Å². The first-order valence-corrected chi connectivity index (χ1v) is 8.63. The first kappa shape index (κ1) is 16.4. The van der Waals surface area contributed by atoms with Gasteiger partial charge in [-0.15, -0.1) is 11.3 Å². The van der Waals surface area contributed by atoms with E-state index in [1.54, 1.807) is 10.3 Å². The minimum atomic E-state index is -0.351. The van der Waals surface area contributed by atoms with E-state index in [1.807, 2.05) is 31.2 Å². The fraction of sp³-hybridized carbons (Fsp3) is 0.353. The number of ether oxygens (including phenoxy) is 1. The van der Waals surface area contributed by atoms with Crippen LogP contribution in [0, 0.1) is 12.8 Å². The highest BCUT2D eigenvalue weighted by Crippen LogP contribution is 2.20. The van der Waals surface area contributed by atoms with Crippen LogP contribution in [-0.4, -0.2) is 34.8 Å². The average molecular weight is 345 g/mol. The molecule has 7 heteroatoms. The summed E-state index contributed by atoms with van der Waals surface area (Å²) in [4.78, 5) is 29.6. The van der Waals surface area contributed by atoms with Crippen LogP contribution < -0.4 is 10.5 Å². The number of amides is 2. The summed E-state index contributed by atoms with van der Waals surface area (Å²) in [6.45, 7) is 3.26. The van der Waals surface area contributed by atoms with Crippen molar-refractivity contribution < 1.29 is 14.3 Å². The molecule has 1 atom stereocenters. The molecule has 0 aliphatic carbocycles. The molecule has 2 N–H and O–H groups in total. The molecular weight excluding hydrogens is 326 g/mol. The number of primary amides is 1. The van der Waals surface area contributed by atoms with E-state index in [9.17, 15) is 9.59 Å². The Hall–Kier alpha value is -2.41. The number of thiazole rings is 1. The molecule has 2 heterocycles. The SMILES string of the molecule is Cc1ccc(OCc2nc(C(=O)N3CCC(C(N)=O)C3)cs2)cc1. The number of hydrogen-bond donors (Lipinski definition) is 1. The van der Waals surface area contributed by atoms with Crippen molar-refractivity contribution >= 4 is 23.2 Å². The summed E-state index contributed by atoms with van der Waals surface area (Å²) in [5.41, 5.74) is 6.87. The maximum absolute atomic E-state index is 12.4. The monoisotopic (exact) mass is 345 g/mol. The van der Waals surface area contributed by atoms with Crippen molar-refractivity contribution in [1.29, 1.82) is 0 Å². The van der Waals surface area contributed by atoms with Gasteiger partial charge in [0.2, 0.25) is 5.91 Å². The molecule has 1 aromatic heterocycles. The minimum Gasteiger partial charge on any atom is -0.486 e. The van der Waals surface area contributed by atoms with Crippen molar-refractivity contribution in [2.24, 2.45) is 11.7 Å². The molecule has 1 aliphatic rings. The number of nitrogens with zero attached hydrogens (tertiary/aromatic N) is 2. The van der Waals surface area contributed by atoms with Gasteiger partial charge in [0.25, 0.3) is 5.91 Å². The summed E-state index contributed by atoms with van der Waals surface area (Å²) in [6.07, 6.45) is 0.620. The number of hydrogen-bond acceptors (Lipinski definition) is 5. The van der Waals surface area contributed by atoms with E-state index in [2.05, 4.69) is 4.98 Å². The number of benzene rings is 1. The minimum absolute atomic E-state index is 0.156. The van der Waals surface area contributed by atoms with Crippen molar-refractivity contribution in [3.05, 3.63) is 45.9 Å². The summed E-state index contributed by atoms with van der Waals surface area (Å²) in [5, 5.41) is 2.47. The zero-order chi connectivity index (χ0) is 17.1. The molecule has 0 bridgehead atoms. The third-order valence-electron chi connectivity index (χ3n) is 4.03. The number of carbonyl (C=O) groups excluding carboxylic acids is 2. The van der Waals surface area contributed by atoms with Crippen LogP contribution in [0.25, 0.3) is 0 Å². The number of nitrogens with two attached hydrogens (primary N) is 1. The predicted molar refractivity (Wildman–Crippen MR) is 90.8 cm³/mol. The van der Waals surface area contributed by atoms with Crippen LogP contribution in [0.3, 0.4) is 0 Å². The molecule has 3 rings (SSSR count). The van der Waals surface area contributed by atoms with Crippen LogP contribution in [0.5, 0.6) is 5.75 Å². The van der Waals surface area contributed by atoms with Gasteiger partial charge in [0, 0.05) is 18.5 Å². The zero-order valence-corrected chi connectivity index (χ0v) is 14.2. The average Bonchev–Trinajstić information content (AvgIpc) is 3.23. The topological polar surface area (TPSA) is 85.5 Å². The van der Waals surface area contributed by atoms with Gasteiger partial charge >= 0.3 is 0 Å². The molecule has 1 saturated heterocycles. The Bertz CT molecular complexity index is 742. The number of likely N-dealkylation sites (tertiary alicyclic amines) is 1. The number of aromatic nitrogens is 1. The molecule has 6 nitrogen and oxygen atoms in total. The molecule has 126 valence electrons. The molecule has 1 unspecified atom stereocenters. The summed E-state index contributed by atoms with van der Waals surface area (Å²) < 4.78 is 5.68. The van der Waals surface area contributed by atoms with Crippen molar-refractivity contribution in [2.45, 2.75) is 20.0 Å². The molecular formula is C17H19N3O3S. The third kappa shape index (κ3) is 3.73. The Labute approximate surface area is 144 Å². The Morgan fingerprint density at radius 2 is 2.12 bits per heavy atom. The summed E-state index contributed by atoms with van der Waals surface area (Å²) in [6, 6.07) is 7.77. The lowest BCUT2D eigenvalue weighted by molar-refractivity contribution is -0.121. The quantitative estimate of drug-likeness (QED) is 0.898. The summed E-state index contributed by atoms with van der Waals surface area (Å²) in [5.74, 6) is 0.0109. The Balaban J connectivity index is 1.58. The van der Waals surface area contributed by atoms with Crippen molar-refractivity contribution in [3.63, 3.8) is 0 Å². The van der Waals surface area contributed by atoms with Crippen LogP contribution >= 0.6 is 11.3 Å². The van der Waals surface area contributed by atoms with Crippen molar-refractivity contribution in [2.75, 3.05) is 13.1 Å². The molecule has 1 aliphatic heterocycles. The predicted octanol–water partition coefficient (Wildman–Crippen LogP) is 1.98. The van der Waals surface area contributed by atoms with Crippen LogP contribution in [-0.2, 0) is 11.4 Å². The lowest BCUT2D eigenvalue weighted by Gasteiger charge is -2.14. The Morgan fingerprint density at radius 1 is 1.38 bits per heavy atom. The molecule has 1 aromatic carbocycles. The number of carbonyl (C=O) groups is 2. The molecule has 0 saturated carbocycles. The second-order valence-electron chi connectivity index (χ2n) is 5.87. The van der Waals surface area contributed by atoms with Gasteiger partial charge in [-0.3, -0.25) is 9.59 Å². The van der Waals surface area contributed by atoms with E-state index in [-0.39, 0.29) is 17.7 Å². The fourth-order valence-electron chi connectivity index (χ4n) is 2.59. The van der Waals surface area contributed by atoms with Crippen LogP contribution in [0.2, 0.25) is 0 Å². The fourth-order valence-corrected chi connectivity index (χ4v) is 3.27. The first-order valence-electron chi connectivity index (χ1n) is 7.75. The largest absolute Gasteiger partial charge is 0.486 e. The lowest BCUT2D eigenvalue weighted by Crippen LogP contribution is -2.31. The second kappa shape index (κ2) is 7.00. The first-order chi connectivity index (χ1) is 11.5. The van der Waals surface area contributed by atoms with E-state index in [4.69, 9.17) is 10.5 Å². The van der Waals surface area contributed by atoms with E-state index >= 15 is 0 Å². The highest BCUT2D eigenvalue weighted by atomic mass is 32.1. The van der Waals surface area contributed by atoms with Gasteiger partial charge < -0.3 is 15.4 Å². The summed E-state index contributed by atoms with van der Waals surface area (Å²) in [7, 11) is 0. The van der Waals surface area contributed by atoms with Crippen molar-refractivity contribution in [1.82, 2.24) is 9.88 Å². The maximum atomic E-state index is 12.4. The maximum Gasteiger partial charge on any atom is 0.273 e. The van der Waals surface area contributed by atoms with E-state index < -0.39 is 0 Å². The Morgan fingerprint density at radius 3 is 2.79 bits per heavy atom. The van der Waals surface area contributed by atoms with E-state index in [0.29, 0.717) is 31.8 Å². The van der Waals surface area contributed by atoms with Gasteiger partial charge in [0.15, 0.2) is 0 Å². The van der Waals surface area contributed by atoms with Crippen LogP contribution in [0.1, 0.15) is 27.5 Å². The molecule has 1 fully saturated rings. The highest BCUT2D eigenvalue weighted by Gasteiger charge is 2.31. The Kier molecular flexibility index (Phi) is 4.80. The zero-order valence-electron chi connectivity index (χ0n) is 13.4. The van der Waals surface area contributed by atoms with Crippen molar-refractivity contribution in [3.8, 4) is 5.75 Å². The number of rotatable bonds is 5. The summed E-state index contributed by atoms with van der Waals surface area (Å²) >= 11 is 1.39. The molecule has 24 heavy (non-hydrogen) atoms. The highest BCUT2D eigenvalue weighted by molar-refractivity contribution is 7.09. The standard InChI is InChI=1S/C17H19N3O3S/c1-11-2-4-13(5-3-11)23-9-15-19-14(10-24-15)17(22)20-7-6-12(8-20)16(18)21/h2-5,10,12H,6-9H2,1H3,(H2,18,21). The molecule has 0 radical (unpaired) electrons. The number of aryl methyl sites for hydroxylation is 1. The third-order valence-corrected chi connectivity index (χ3v) is 4.85. The molecule has 2 amide bonds. The van der Waals surface area contributed by atoms with E-state index in [0.717, 1.165) is 10.8 Å². The van der Waals surface area contributed by atoms with Gasteiger partial charge in [0.1, 0.15) is 23.1 Å². The van der Waals surface area contributed by atoms with Gasteiger partial charge in [-0.05, 0) is 25.5 Å². The second-order valence-corrected chi connectivity index (χ2v) is 6.81. The molecule has 0 spiro atoms. The van der Waals surface area contributed by atoms with Crippen LogP contribution in [0.15, 0.2) is 29.6 Å².